The van der Waals surface area contributed by atoms with Crippen LogP contribution in [-0.4, -0.2) is 49.1 Å². The summed E-state index contributed by atoms with van der Waals surface area (Å²) in [5, 5.41) is 0.184. The molecule has 3 aromatic rings. The molecule has 1 aliphatic rings. The SMILES string of the molecule is COc1ccccc1N1CCN(C(=O)c2sc(-c3ccccc3)nc2C(F)(F)F)CC1. The number of thiazole rings is 1. The van der Waals surface area contributed by atoms with Crippen molar-refractivity contribution >= 4 is 22.9 Å². The van der Waals surface area contributed by atoms with E-state index in [4.69, 9.17) is 4.74 Å². The van der Waals surface area contributed by atoms with E-state index in [0.717, 1.165) is 22.8 Å². The van der Waals surface area contributed by atoms with Crippen LogP contribution in [0, 0.1) is 0 Å². The van der Waals surface area contributed by atoms with Gasteiger partial charge in [-0.2, -0.15) is 13.2 Å². The maximum atomic E-state index is 13.6. The first-order chi connectivity index (χ1) is 14.9. The number of hydrogen-bond acceptors (Lipinski definition) is 5. The standard InChI is InChI=1S/C22H20F3N3O2S/c1-30-17-10-6-5-9-16(17)27-11-13-28(14-12-27)21(29)18-19(22(23,24)25)26-20(31-18)15-7-3-2-4-8-15/h2-10H,11-14H2,1H3. The number of halogens is 3. The predicted octanol–water partition coefficient (Wildman–Crippen LogP) is 4.80. The number of alkyl halides is 3. The van der Waals surface area contributed by atoms with Crippen LogP contribution in [0.3, 0.4) is 0 Å². The summed E-state index contributed by atoms with van der Waals surface area (Å²) in [6, 6.07) is 16.1. The Hall–Kier alpha value is -3.07. The van der Waals surface area contributed by atoms with E-state index in [1.165, 1.54) is 4.90 Å². The van der Waals surface area contributed by atoms with Gasteiger partial charge in [-0.3, -0.25) is 4.79 Å². The highest BCUT2D eigenvalue weighted by atomic mass is 32.1. The molecule has 0 radical (unpaired) electrons. The number of carbonyl (C=O) groups excluding carboxylic acids is 1. The molecule has 0 atom stereocenters. The summed E-state index contributed by atoms with van der Waals surface area (Å²) in [6.45, 7) is 1.62. The van der Waals surface area contributed by atoms with E-state index >= 15 is 0 Å². The molecular weight excluding hydrogens is 427 g/mol. The second kappa shape index (κ2) is 8.58. The van der Waals surface area contributed by atoms with E-state index in [-0.39, 0.29) is 9.88 Å². The molecule has 5 nitrogen and oxygen atoms in total. The molecule has 1 fully saturated rings. The summed E-state index contributed by atoms with van der Waals surface area (Å²) in [5.74, 6) is 0.0864. The first-order valence-electron chi connectivity index (χ1n) is 9.69. The van der Waals surface area contributed by atoms with Gasteiger partial charge < -0.3 is 14.5 Å². The minimum Gasteiger partial charge on any atom is -0.495 e. The number of rotatable bonds is 4. The fourth-order valence-electron chi connectivity index (χ4n) is 3.55. The first-order valence-corrected chi connectivity index (χ1v) is 10.5. The summed E-state index contributed by atoms with van der Waals surface area (Å²) >= 11 is 0.789. The van der Waals surface area contributed by atoms with E-state index in [1.54, 1.807) is 37.4 Å². The lowest BCUT2D eigenvalue weighted by molar-refractivity contribution is -0.141. The average molecular weight is 447 g/mol. The van der Waals surface area contributed by atoms with Gasteiger partial charge in [-0.1, -0.05) is 42.5 Å². The Balaban J connectivity index is 1.55. The minimum absolute atomic E-state index is 0.184. The topological polar surface area (TPSA) is 45.7 Å². The zero-order chi connectivity index (χ0) is 22.0. The van der Waals surface area contributed by atoms with Crippen LogP contribution in [0.25, 0.3) is 10.6 Å². The smallest absolute Gasteiger partial charge is 0.435 e. The molecule has 9 heteroatoms. The number of amides is 1. The number of piperazine rings is 1. The Bertz CT molecular complexity index is 1060. The number of methoxy groups -OCH3 is 1. The molecule has 0 spiro atoms. The van der Waals surface area contributed by atoms with Crippen LogP contribution in [-0.2, 0) is 6.18 Å². The second-order valence-electron chi connectivity index (χ2n) is 7.01. The van der Waals surface area contributed by atoms with Crippen LogP contribution in [0.2, 0.25) is 0 Å². The molecule has 2 aromatic carbocycles. The van der Waals surface area contributed by atoms with Gasteiger partial charge in [-0.15, -0.1) is 11.3 Å². The van der Waals surface area contributed by atoms with Crippen molar-refractivity contribution in [3.63, 3.8) is 0 Å². The van der Waals surface area contributed by atoms with Crippen molar-refractivity contribution in [3.05, 3.63) is 65.2 Å². The van der Waals surface area contributed by atoms with Gasteiger partial charge >= 0.3 is 6.18 Å². The number of hydrogen-bond donors (Lipinski definition) is 0. The lowest BCUT2D eigenvalue weighted by Crippen LogP contribution is -2.49. The molecular formula is C22H20F3N3O2S. The molecule has 0 unspecified atom stereocenters. The van der Waals surface area contributed by atoms with Gasteiger partial charge in [-0.05, 0) is 12.1 Å². The van der Waals surface area contributed by atoms with Crippen LogP contribution >= 0.6 is 11.3 Å². The molecule has 0 aliphatic carbocycles. The van der Waals surface area contributed by atoms with Gasteiger partial charge in [0.25, 0.3) is 5.91 Å². The number of anilines is 1. The van der Waals surface area contributed by atoms with Crippen LogP contribution in [0.1, 0.15) is 15.4 Å². The molecule has 0 N–H and O–H groups in total. The van der Waals surface area contributed by atoms with Crippen molar-refractivity contribution < 1.29 is 22.7 Å². The van der Waals surface area contributed by atoms with Crippen molar-refractivity contribution in [2.45, 2.75) is 6.18 Å². The number of para-hydroxylation sites is 2. The molecule has 0 saturated carbocycles. The first kappa shape index (κ1) is 21.2. The van der Waals surface area contributed by atoms with Crippen molar-refractivity contribution in [1.82, 2.24) is 9.88 Å². The summed E-state index contributed by atoms with van der Waals surface area (Å²) in [6.07, 6.45) is -4.70. The largest absolute Gasteiger partial charge is 0.495 e. The molecule has 1 aliphatic heterocycles. The van der Waals surface area contributed by atoms with Crippen LogP contribution in [0.5, 0.6) is 5.75 Å². The lowest BCUT2D eigenvalue weighted by Gasteiger charge is -2.36. The maximum absolute atomic E-state index is 13.6. The zero-order valence-electron chi connectivity index (χ0n) is 16.7. The summed E-state index contributed by atoms with van der Waals surface area (Å²) in [7, 11) is 1.59. The van der Waals surface area contributed by atoms with Crippen molar-refractivity contribution in [3.8, 4) is 16.3 Å². The van der Waals surface area contributed by atoms with Crippen molar-refractivity contribution in [2.75, 3.05) is 38.2 Å². The number of ether oxygens (including phenoxy) is 1. The highest BCUT2D eigenvalue weighted by Crippen LogP contribution is 2.38. The third-order valence-electron chi connectivity index (χ3n) is 5.10. The van der Waals surface area contributed by atoms with E-state index in [1.807, 2.05) is 24.3 Å². The molecule has 0 bridgehead atoms. The highest BCUT2D eigenvalue weighted by molar-refractivity contribution is 7.17. The number of nitrogens with zero attached hydrogens (tertiary/aromatic N) is 3. The number of aromatic nitrogens is 1. The molecule has 4 rings (SSSR count). The number of benzene rings is 2. The summed E-state index contributed by atoms with van der Waals surface area (Å²) in [4.78, 5) is 20.0. The van der Waals surface area contributed by atoms with Gasteiger partial charge in [0.1, 0.15) is 15.6 Å². The number of carbonyl (C=O) groups is 1. The molecule has 31 heavy (non-hydrogen) atoms. The van der Waals surface area contributed by atoms with Crippen LogP contribution in [0.15, 0.2) is 54.6 Å². The van der Waals surface area contributed by atoms with E-state index in [9.17, 15) is 18.0 Å². The van der Waals surface area contributed by atoms with Gasteiger partial charge in [0.2, 0.25) is 0 Å². The average Bonchev–Trinajstić information content (AvgIpc) is 3.25. The second-order valence-corrected chi connectivity index (χ2v) is 8.01. The Morgan fingerprint density at radius 1 is 1.00 bits per heavy atom. The molecule has 1 amide bonds. The Labute approximate surface area is 181 Å². The van der Waals surface area contributed by atoms with Gasteiger partial charge in [0.05, 0.1) is 12.8 Å². The van der Waals surface area contributed by atoms with Gasteiger partial charge in [0.15, 0.2) is 5.69 Å². The monoisotopic (exact) mass is 447 g/mol. The van der Waals surface area contributed by atoms with Crippen LogP contribution < -0.4 is 9.64 Å². The molecule has 1 aromatic heterocycles. The maximum Gasteiger partial charge on any atom is 0.435 e. The molecule has 162 valence electrons. The fourth-order valence-corrected chi connectivity index (χ4v) is 4.61. The van der Waals surface area contributed by atoms with E-state index in [2.05, 4.69) is 9.88 Å². The third-order valence-corrected chi connectivity index (χ3v) is 6.20. The third kappa shape index (κ3) is 4.36. The lowest BCUT2D eigenvalue weighted by atomic mass is 10.2. The summed E-state index contributed by atoms with van der Waals surface area (Å²) < 4.78 is 46.3. The molecule has 1 saturated heterocycles. The Kier molecular flexibility index (Phi) is 5.86. The Morgan fingerprint density at radius 3 is 2.29 bits per heavy atom. The summed E-state index contributed by atoms with van der Waals surface area (Å²) in [5.41, 5.74) is 0.337. The van der Waals surface area contributed by atoms with E-state index < -0.39 is 17.8 Å². The zero-order valence-corrected chi connectivity index (χ0v) is 17.5. The van der Waals surface area contributed by atoms with Gasteiger partial charge in [-0.25, -0.2) is 4.98 Å². The minimum atomic E-state index is -4.70. The Morgan fingerprint density at radius 2 is 1.65 bits per heavy atom. The fraction of sp³-hybridized carbons (Fsp3) is 0.273. The normalized spacial score (nSPS) is 14.6. The highest BCUT2D eigenvalue weighted by Gasteiger charge is 2.41. The van der Waals surface area contributed by atoms with E-state index in [0.29, 0.717) is 31.7 Å². The van der Waals surface area contributed by atoms with Crippen LogP contribution in [0.4, 0.5) is 18.9 Å². The van der Waals surface area contributed by atoms with Crippen molar-refractivity contribution in [2.24, 2.45) is 0 Å². The quantitative estimate of drug-likeness (QED) is 0.577. The predicted molar refractivity (Wildman–Crippen MR) is 114 cm³/mol. The molecule has 2 heterocycles. The van der Waals surface area contributed by atoms with Gasteiger partial charge in [0, 0.05) is 31.7 Å². The van der Waals surface area contributed by atoms with Crippen molar-refractivity contribution in [1.29, 1.82) is 0 Å².